The van der Waals surface area contributed by atoms with Crippen LogP contribution < -0.4 is 0 Å². The summed E-state index contributed by atoms with van der Waals surface area (Å²) in [4.78, 5) is 11.4. The Balaban J connectivity index is 1.91. The molecule has 0 radical (unpaired) electrons. The minimum atomic E-state index is -2.61. The first kappa shape index (κ1) is 16.7. The van der Waals surface area contributed by atoms with Gasteiger partial charge in [-0.3, -0.25) is 4.79 Å². The summed E-state index contributed by atoms with van der Waals surface area (Å²) in [6, 6.07) is 16.8. The van der Waals surface area contributed by atoms with Crippen LogP contribution in [0.1, 0.15) is 23.1 Å². The van der Waals surface area contributed by atoms with Gasteiger partial charge in [-0.2, -0.15) is 8.78 Å². The van der Waals surface area contributed by atoms with Crippen LogP contribution in [0.4, 0.5) is 17.6 Å². The summed E-state index contributed by atoms with van der Waals surface area (Å²) >= 11 is 0. The highest BCUT2D eigenvalue weighted by Crippen LogP contribution is 2.63. The number of allylic oxidation sites excluding steroid dienone is 2. The van der Waals surface area contributed by atoms with Crippen molar-refractivity contribution in [1.82, 2.24) is 0 Å². The van der Waals surface area contributed by atoms with Crippen molar-refractivity contribution in [3.8, 4) is 0 Å². The number of Topliss-reactive ketones (excluding diaryl/α,β-unsaturated/α-hetero) is 1. The summed E-state index contributed by atoms with van der Waals surface area (Å²) in [6.45, 7) is 0. The van der Waals surface area contributed by atoms with Gasteiger partial charge in [-0.1, -0.05) is 60.7 Å². The van der Waals surface area contributed by atoms with Crippen LogP contribution in [-0.4, -0.2) is 11.4 Å². The quantitative estimate of drug-likeness (QED) is 0.691. The van der Waals surface area contributed by atoms with Gasteiger partial charge in [-0.15, -0.1) is 0 Å². The molecule has 132 valence electrons. The number of rotatable bonds is 2. The lowest BCUT2D eigenvalue weighted by Gasteiger charge is -2.54. The number of benzene rings is 2. The molecule has 0 amide bonds. The Kier molecular flexibility index (Phi) is 3.80. The van der Waals surface area contributed by atoms with Gasteiger partial charge in [-0.25, -0.2) is 8.78 Å². The lowest BCUT2D eigenvalue weighted by atomic mass is 9.67. The minimum Gasteiger partial charge on any atom is -0.351 e. The fourth-order valence-electron chi connectivity index (χ4n) is 3.55. The van der Waals surface area contributed by atoms with E-state index in [1.807, 2.05) is 0 Å². The van der Waals surface area contributed by atoms with Crippen LogP contribution in [0.5, 0.6) is 0 Å². The van der Waals surface area contributed by atoms with Crippen LogP contribution in [0.3, 0.4) is 0 Å². The van der Waals surface area contributed by atoms with E-state index in [1.165, 1.54) is 0 Å². The summed E-state index contributed by atoms with van der Waals surface area (Å²) in [7, 11) is 0. The van der Waals surface area contributed by atoms with Crippen LogP contribution in [0.2, 0.25) is 0 Å². The Labute approximate surface area is 146 Å². The molecule has 1 saturated heterocycles. The highest BCUT2D eigenvalue weighted by Gasteiger charge is 2.67. The number of ketones is 1. The third kappa shape index (κ3) is 2.12. The van der Waals surface area contributed by atoms with Gasteiger partial charge in [-0.05, 0) is 11.1 Å². The van der Waals surface area contributed by atoms with Crippen molar-refractivity contribution in [3.63, 3.8) is 0 Å². The summed E-state index contributed by atoms with van der Waals surface area (Å²) in [5.74, 6) is -10.4. The molecule has 0 saturated carbocycles. The highest BCUT2D eigenvalue weighted by molar-refractivity contribution is 6.07. The molecular weight excluding hydrogens is 348 g/mol. The largest absolute Gasteiger partial charge is 0.351 e. The smallest absolute Gasteiger partial charge is 0.255 e. The molecule has 0 unspecified atom stereocenters. The lowest BCUT2D eigenvalue weighted by molar-refractivity contribution is -0.210. The Bertz CT molecular complexity index is 907. The van der Waals surface area contributed by atoms with Crippen LogP contribution in [0.15, 0.2) is 84.0 Å². The first-order valence-electron chi connectivity index (χ1n) is 7.92. The predicted molar refractivity (Wildman–Crippen MR) is 85.7 cm³/mol. The Morgan fingerprint density at radius 3 is 1.69 bits per heavy atom. The molecule has 0 bridgehead atoms. The Hall–Kier alpha value is -2.73. The second kappa shape index (κ2) is 5.92. The van der Waals surface area contributed by atoms with Crippen molar-refractivity contribution in [2.45, 2.75) is 17.6 Å². The molecule has 2 aromatic carbocycles. The molecule has 2 atom stereocenters. The van der Waals surface area contributed by atoms with E-state index >= 15 is 0 Å². The van der Waals surface area contributed by atoms with Crippen LogP contribution in [0, 0.1) is 0 Å². The topological polar surface area (TPSA) is 26.3 Å². The maximum absolute atomic E-state index is 14.7. The third-order valence-corrected chi connectivity index (χ3v) is 4.78. The lowest BCUT2D eigenvalue weighted by Crippen LogP contribution is -2.56. The highest BCUT2D eigenvalue weighted by atomic mass is 19.2. The van der Waals surface area contributed by atoms with E-state index in [0.717, 1.165) is 0 Å². The number of ether oxygens (including phenoxy) is 1. The molecule has 6 heteroatoms. The molecule has 2 aromatic rings. The van der Waals surface area contributed by atoms with Gasteiger partial charge in [0.2, 0.25) is 11.7 Å². The summed E-state index contributed by atoms with van der Waals surface area (Å²) in [5.41, 5.74) is -1.57. The number of carbonyl (C=O) groups excluding carboxylic acids is 1. The van der Waals surface area contributed by atoms with Gasteiger partial charge in [0.05, 0.1) is 12.0 Å². The average molecular weight is 360 g/mol. The average Bonchev–Trinajstić information content (AvgIpc) is 2.66. The number of hydrogen-bond acceptors (Lipinski definition) is 2. The van der Waals surface area contributed by atoms with Gasteiger partial charge in [0.1, 0.15) is 0 Å². The first-order valence-corrected chi connectivity index (χ1v) is 7.92. The number of carbonyl (C=O) groups is 1. The minimum absolute atomic E-state index is 0.438. The van der Waals surface area contributed by atoms with Crippen LogP contribution >= 0.6 is 0 Å². The molecule has 1 aliphatic carbocycles. The van der Waals surface area contributed by atoms with Crippen molar-refractivity contribution in [2.24, 2.45) is 0 Å². The molecule has 0 aromatic heterocycles. The SMILES string of the molecule is O=C1C(F)=C(F)C2(O[C@H](c3ccccc3)[C@H]2c2ccccc2)C(F)=C1F. The van der Waals surface area contributed by atoms with Crippen molar-refractivity contribution < 1.29 is 27.1 Å². The second-order valence-corrected chi connectivity index (χ2v) is 6.16. The van der Waals surface area contributed by atoms with Crippen LogP contribution in [0.25, 0.3) is 0 Å². The maximum atomic E-state index is 14.7. The normalized spacial score (nSPS) is 24.8. The molecule has 26 heavy (non-hydrogen) atoms. The number of halogens is 4. The summed E-state index contributed by atoms with van der Waals surface area (Å²) < 4.78 is 62.8. The molecule has 1 aliphatic heterocycles. The zero-order chi connectivity index (χ0) is 18.5. The molecule has 0 N–H and O–H groups in total. The Morgan fingerprint density at radius 2 is 1.19 bits per heavy atom. The van der Waals surface area contributed by atoms with Gasteiger partial charge in [0.15, 0.2) is 17.3 Å². The predicted octanol–water partition coefficient (Wildman–Crippen LogP) is 5.16. The monoisotopic (exact) mass is 360 g/mol. The molecule has 2 nitrogen and oxygen atoms in total. The van der Waals surface area contributed by atoms with Crippen molar-refractivity contribution in [2.75, 3.05) is 0 Å². The van der Waals surface area contributed by atoms with Crippen LogP contribution in [-0.2, 0) is 9.53 Å². The van der Waals surface area contributed by atoms with Gasteiger partial charge in [0.25, 0.3) is 5.78 Å². The molecule has 1 fully saturated rings. The maximum Gasteiger partial charge on any atom is 0.255 e. The van der Waals surface area contributed by atoms with E-state index in [2.05, 4.69) is 0 Å². The fourth-order valence-corrected chi connectivity index (χ4v) is 3.55. The zero-order valence-electron chi connectivity index (χ0n) is 13.3. The van der Waals surface area contributed by atoms with E-state index in [4.69, 9.17) is 4.74 Å². The summed E-state index contributed by atoms with van der Waals surface area (Å²) in [6.07, 6.45) is -0.830. The van der Waals surface area contributed by atoms with E-state index < -0.39 is 46.7 Å². The zero-order valence-corrected chi connectivity index (χ0v) is 13.3. The molecule has 4 rings (SSSR count). The molecule has 2 aliphatic rings. The molecular formula is C20H12F4O2. The van der Waals surface area contributed by atoms with Crippen molar-refractivity contribution >= 4 is 5.78 Å². The third-order valence-electron chi connectivity index (χ3n) is 4.78. The van der Waals surface area contributed by atoms with E-state index in [1.54, 1.807) is 60.7 Å². The van der Waals surface area contributed by atoms with Gasteiger partial charge in [0, 0.05) is 0 Å². The van der Waals surface area contributed by atoms with E-state index in [-0.39, 0.29) is 0 Å². The van der Waals surface area contributed by atoms with Crippen molar-refractivity contribution in [1.29, 1.82) is 0 Å². The summed E-state index contributed by atoms with van der Waals surface area (Å²) in [5, 5.41) is 0. The van der Waals surface area contributed by atoms with E-state index in [0.29, 0.717) is 11.1 Å². The molecule has 1 heterocycles. The van der Waals surface area contributed by atoms with Gasteiger partial charge >= 0.3 is 0 Å². The number of hydrogen-bond donors (Lipinski definition) is 0. The molecule has 1 spiro atoms. The fraction of sp³-hybridized carbons (Fsp3) is 0.150. The second-order valence-electron chi connectivity index (χ2n) is 6.16. The first-order chi connectivity index (χ1) is 12.5. The van der Waals surface area contributed by atoms with Gasteiger partial charge < -0.3 is 4.74 Å². The Morgan fingerprint density at radius 1 is 0.731 bits per heavy atom. The van der Waals surface area contributed by atoms with Crippen molar-refractivity contribution in [3.05, 3.63) is 95.1 Å². The van der Waals surface area contributed by atoms with E-state index in [9.17, 15) is 22.4 Å². The standard InChI is InChI=1S/C20H12F4O2/c21-14-16(25)15(22)19(24)20(18(14)23)13(11-7-3-1-4-8-11)17(26-20)12-9-5-2-6-10-12/h1-10,13,17H/t13-,17-/m1/s1.